The molecule has 194 valence electrons. The van der Waals surface area contributed by atoms with Crippen molar-refractivity contribution in [3.05, 3.63) is 84.8 Å². The highest BCUT2D eigenvalue weighted by Crippen LogP contribution is 2.29. The summed E-state index contributed by atoms with van der Waals surface area (Å²) in [6.45, 7) is 9.98. The van der Waals surface area contributed by atoms with Crippen LogP contribution in [0.2, 0.25) is 0 Å². The quantitative estimate of drug-likeness (QED) is 0.321. The normalized spacial score (nSPS) is 13.6. The molecule has 0 aliphatic carbocycles. The van der Waals surface area contributed by atoms with Crippen LogP contribution in [-0.4, -0.2) is 48.8 Å². The number of methoxy groups -OCH3 is 1. The highest BCUT2D eigenvalue weighted by Gasteiger charge is 2.28. The summed E-state index contributed by atoms with van der Waals surface area (Å²) >= 11 is 0. The molecule has 3 aromatic rings. The van der Waals surface area contributed by atoms with E-state index in [9.17, 15) is 4.79 Å². The number of piperidine rings is 1. The summed E-state index contributed by atoms with van der Waals surface area (Å²) in [6, 6.07) is 20.7. The lowest BCUT2D eigenvalue weighted by Crippen LogP contribution is -2.46. The summed E-state index contributed by atoms with van der Waals surface area (Å²) in [5, 5.41) is 0. The van der Waals surface area contributed by atoms with Crippen molar-refractivity contribution in [1.29, 1.82) is 0 Å². The van der Waals surface area contributed by atoms with Crippen LogP contribution in [0.25, 0.3) is 11.3 Å². The number of anilines is 1. The van der Waals surface area contributed by atoms with Crippen molar-refractivity contribution in [1.82, 2.24) is 9.88 Å². The summed E-state index contributed by atoms with van der Waals surface area (Å²) in [6.07, 6.45) is 3.22. The Labute approximate surface area is 219 Å². The minimum Gasteiger partial charge on any atom is -0.497 e. The molecule has 1 aliphatic heterocycles. The maximum absolute atomic E-state index is 12.3. The number of amides is 1. The first-order chi connectivity index (χ1) is 18.0. The SMILES string of the molecule is C=C(C)OC(=O)N1CCC(N(Cc2ccnc(-c3ccc(OCC)cc3)c2)c2ccc(OC)cc2)CC1. The molecule has 0 N–H and O–H groups in total. The second kappa shape index (κ2) is 12.3. The molecule has 1 fully saturated rings. The molecule has 7 nitrogen and oxygen atoms in total. The van der Waals surface area contributed by atoms with E-state index in [4.69, 9.17) is 14.2 Å². The summed E-state index contributed by atoms with van der Waals surface area (Å²) in [5.41, 5.74) is 4.25. The Morgan fingerprint density at radius 2 is 1.73 bits per heavy atom. The Morgan fingerprint density at radius 3 is 2.35 bits per heavy atom. The number of rotatable bonds is 9. The molecule has 1 aromatic heterocycles. The molecule has 0 bridgehead atoms. The maximum Gasteiger partial charge on any atom is 0.414 e. The average Bonchev–Trinajstić information content (AvgIpc) is 2.92. The zero-order valence-corrected chi connectivity index (χ0v) is 21.9. The smallest absolute Gasteiger partial charge is 0.414 e. The number of ether oxygens (including phenoxy) is 3. The number of allylic oxidation sites excluding steroid dienone is 1. The van der Waals surface area contributed by atoms with Crippen LogP contribution in [0, 0.1) is 0 Å². The molecule has 1 aliphatic rings. The Bertz CT molecular complexity index is 1190. The number of carbonyl (C=O) groups is 1. The van der Waals surface area contributed by atoms with Crippen LogP contribution in [0.1, 0.15) is 32.3 Å². The van der Waals surface area contributed by atoms with E-state index in [0.717, 1.165) is 47.8 Å². The van der Waals surface area contributed by atoms with Crippen molar-refractivity contribution < 1.29 is 19.0 Å². The first-order valence-electron chi connectivity index (χ1n) is 12.7. The van der Waals surface area contributed by atoms with Gasteiger partial charge in [0.25, 0.3) is 0 Å². The first kappa shape index (κ1) is 26.1. The second-order valence-corrected chi connectivity index (χ2v) is 9.12. The highest BCUT2D eigenvalue weighted by molar-refractivity contribution is 5.69. The van der Waals surface area contributed by atoms with Gasteiger partial charge in [-0.15, -0.1) is 0 Å². The van der Waals surface area contributed by atoms with Crippen molar-refractivity contribution in [2.75, 3.05) is 31.7 Å². The molecule has 37 heavy (non-hydrogen) atoms. The predicted octanol–water partition coefficient (Wildman–Crippen LogP) is 6.30. The summed E-state index contributed by atoms with van der Waals surface area (Å²) < 4.78 is 16.2. The van der Waals surface area contributed by atoms with Gasteiger partial charge < -0.3 is 24.0 Å². The standard InChI is InChI=1S/C30H35N3O4/c1-5-36-28-10-6-24(7-11-28)29-20-23(14-17-31-29)21-33(25-8-12-27(35-4)13-9-25)26-15-18-32(19-16-26)30(34)37-22(2)3/h6-14,17,20,26H,2,5,15-16,18-19,21H2,1,3-4H3. The molecule has 2 aromatic carbocycles. The number of likely N-dealkylation sites (tertiary alicyclic amines) is 1. The van der Waals surface area contributed by atoms with Crippen LogP contribution in [0.5, 0.6) is 11.5 Å². The number of hydrogen-bond acceptors (Lipinski definition) is 6. The van der Waals surface area contributed by atoms with E-state index in [1.807, 2.05) is 49.5 Å². The van der Waals surface area contributed by atoms with Gasteiger partial charge in [0.2, 0.25) is 0 Å². The number of nitrogens with zero attached hydrogens (tertiary/aromatic N) is 3. The number of hydrogen-bond donors (Lipinski definition) is 0. The largest absolute Gasteiger partial charge is 0.497 e. The van der Waals surface area contributed by atoms with E-state index in [2.05, 4.69) is 40.7 Å². The molecule has 0 radical (unpaired) electrons. The van der Waals surface area contributed by atoms with E-state index >= 15 is 0 Å². The van der Waals surface area contributed by atoms with Gasteiger partial charge >= 0.3 is 6.09 Å². The molecule has 1 amide bonds. The number of pyridine rings is 1. The van der Waals surface area contributed by atoms with Gasteiger partial charge in [0.1, 0.15) is 11.5 Å². The van der Waals surface area contributed by atoms with Crippen molar-refractivity contribution in [2.45, 2.75) is 39.3 Å². The lowest BCUT2D eigenvalue weighted by atomic mass is 10.0. The zero-order chi connectivity index (χ0) is 26.2. The van der Waals surface area contributed by atoms with Crippen molar-refractivity contribution >= 4 is 11.8 Å². The molecule has 0 saturated carbocycles. The van der Waals surface area contributed by atoms with E-state index in [0.29, 0.717) is 25.5 Å². The number of aromatic nitrogens is 1. The van der Waals surface area contributed by atoms with Gasteiger partial charge in [0.15, 0.2) is 0 Å². The van der Waals surface area contributed by atoms with Crippen LogP contribution >= 0.6 is 0 Å². The minimum atomic E-state index is -0.323. The Kier molecular flexibility index (Phi) is 8.67. The first-order valence-corrected chi connectivity index (χ1v) is 12.7. The van der Waals surface area contributed by atoms with Gasteiger partial charge in [-0.2, -0.15) is 0 Å². The average molecular weight is 502 g/mol. The van der Waals surface area contributed by atoms with Crippen molar-refractivity contribution in [2.24, 2.45) is 0 Å². The van der Waals surface area contributed by atoms with E-state index < -0.39 is 0 Å². The Balaban J connectivity index is 1.54. The fourth-order valence-electron chi connectivity index (χ4n) is 4.59. The molecule has 0 atom stereocenters. The summed E-state index contributed by atoms with van der Waals surface area (Å²) in [4.78, 5) is 21.1. The maximum atomic E-state index is 12.3. The third-order valence-corrected chi connectivity index (χ3v) is 6.47. The van der Waals surface area contributed by atoms with E-state index in [1.54, 1.807) is 18.9 Å². The fourth-order valence-corrected chi connectivity index (χ4v) is 4.59. The second-order valence-electron chi connectivity index (χ2n) is 9.12. The van der Waals surface area contributed by atoms with Gasteiger partial charge in [-0.05, 0) is 92.9 Å². The van der Waals surface area contributed by atoms with Crippen molar-refractivity contribution in [3.8, 4) is 22.8 Å². The molecule has 0 spiro atoms. The molecule has 4 rings (SSSR count). The van der Waals surface area contributed by atoms with Crippen molar-refractivity contribution in [3.63, 3.8) is 0 Å². The molecular weight excluding hydrogens is 466 g/mol. The summed E-state index contributed by atoms with van der Waals surface area (Å²) in [7, 11) is 1.67. The third-order valence-electron chi connectivity index (χ3n) is 6.47. The summed E-state index contributed by atoms with van der Waals surface area (Å²) in [5.74, 6) is 2.09. The van der Waals surface area contributed by atoms with Crippen LogP contribution in [0.3, 0.4) is 0 Å². The zero-order valence-electron chi connectivity index (χ0n) is 21.9. The van der Waals surface area contributed by atoms with Gasteiger partial charge in [0.05, 0.1) is 25.2 Å². The van der Waals surface area contributed by atoms with Gasteiger partial charge in [-0.25, -0.2) is 4.79 Å². The van der Waals surface area contributed by atoms with Gasteiger partial charge in [-0.1, -0.05) is 6.58 Å². The third kappa shape index (κ3) is 6.82. The topological polar surface area (TPSA) is 64.1 Å². The minimum absolute atomic E-state index is 0.268. The monoisotopic (exact) mass is 501 g/mol. The molecule has 7 heteroatoms. The lowest BCUT2D eigenvalue weighted by molar-refractivity contribution is 0.117. The highest BCUT2D eigenvalue weighted by atomic mass is 16.6. The van der Waals surface area contributed by atoms with Crippen LogP contribution in [0.4, 0.5) is 10.5 Å². The lowest BCUT2D eigenvalue weighted by Gasteiger charge is -2.39. The Morgan fingerprint density at radius 1 is 1.05 bits per heavy atom. The van der Waals surface area contributed by atoms with E-state index in [1.165, 1.54) is 5.56 Å². The van der Waals surface area contributed by atoms with E-state index in [-0.39, 0.29) is 12.1 Å². The predicted molar refractivity (Wildman–Crippen MR) is 146 cm³/mol. The van der Waals surface area contributed by atoms with Crippen LogP contribution < -0.4 is 14.4 Å². The Hall–Kier alpha value is -4.00. The van der Waals surface area contributed by atoms with Crippen LogP contribution in [0.15, 0.2) is 79.2 Å². The molecule has 1 saturated heterocycles. The molecule has 0 unspecified atom stereocenters. The molecular formula is C30H35N3O4. The number of carbonyl (C=O) groups excluding carboxylic acids is 1. The van der Waals surface area contributed by atoms with Gasteiger partial charge in [0, 0.05) is 43.1 Å². The van der Waals surface area contributed by atoms with Crippen LogP contribution in [-0.2, 0) is 11.3 Å². The molecule has 2 heterocycles. The van der Waals surface area contributed by atoms with Gasteiger partial charge in [-0.3, -0.25) is 4.98 Å². The number of benzene rings is 2. The fraction of sp³-hybridized carbons (Fsp3) is 0.333.